The zero-order valence-corrected chi connectivity index (χ0v) is 32.1. The molecule has 1 unspecified atom stereocenters. The Morgan fingerprint density at radius 1 is 1.02 bits per heavy atom. The highest BCUT2D eigenvalue weighted by Crippen LogP contribution is 2.49. The van der Waals surface area contributed by atoms with Gasteiger partial charge in [0.25, 0.3) is 5.91 Å². The lowest BCUT2D eigenvalue weighted by molar-refractivity contribution is -0.143. The molecule has 3 aromatic rings. The number of ether oxygens (including phenoxy) is 1. The number of aromatic nitrogens is 3. The van der Waals surface area contributed by atoms with Crippen molar-refractivity contribution in [2.45, 2.75) is 94.6 Å². The van der Waals surface area contributed by atoms with Crippen molar-refractivity contribution in [1.82, 2.24) is 35.2 Å². The van der Waals surface area contributed by atoms with E-state index in [0.29, 0.717) is 37.1 Å². The van der Waals surface area contributed by atoms with Crippen LogP contribution in [0.4, 0.5) is 13.6 Å². The number of fused-ring (bicyclic) bond motifs is 8. The van der Waals surface area contributed by atoms with E-state index >= 15 is 0 Å². The van der Waals surface area contributed by atoms with Crippen LogP contribution in [0.1, 0.15) is 70.9 Å². The zero-order chi connectivity index (χ0) is 40.0. The first-order chi connectivity index (χ1) is 26.6. The van der Waals surface area contributed by atoms with Crippen LogP contribution in [-0.2, 0) is 29.1 Å². The Balaban J connectivity index is 1.28. The minimum absolute atomic E-state index is 0.0761. The fourth-order valence-electron chi connectivity index (χ4n) is 7.33. The summed E-state index contributed by atoms with van der Waals surface area (Å²) >= 11 is 0. The average molecular weight is 794 g/mol. The van der Waals surface area contributed by atoms with Gasteiger partial charge in [0.15, 0.2) is 0 Å². The number of hydrogen-bond acceptors (Lipinski definition) is 9. The predicted molar refractivity (Wildman–Crippen MR) is 201 cm³/mol. The Hall–Kier alpha value is -5.19. The summed E-state index contributed by atoms with van der Waals surface area (Å²) in [5, 5.41) is 14.1. The molecule has 3 N–H and O–H groups in total. The third-order valence-corrected chi connectivity index (χ3v) is 12.5. The van der Waals surface area contributed by atoms with Gasteiger partial charge in [-0.2, -0.15) is 15.0 Å². The number of carbonyl (C=O) groups excluding carboxylic acids is 4. The van der Waals surface area contributed by atoms with E-state index in [1.807, 2.05) is 71.5 Å². The zero-order valence-electron chi connectivity index (χ0n) is 31.3. The highest BCUT2D eigenvalue weighted by Gasteiger charge is 2.67. The number of rotatable bonds is 7. The van der Waals surface area contributed by atoms with Crippen LogP contribution < -0.4 is 15.4 Å². The van der Waals surface area contributed by atoms with Gasteiger partial charge in [-0.25, -0.2) is 22.0 Å². The summed E-state index contributed by atoms with van der Waals surface area (Å²) in [4.78, 5) is 58.2. The van der Waals surface area contributed by atoms with Crippen molar-refractivity contribution in [1.29, 1.82) is 0 Å². The summed E-state index contributed by atoms with van der Waals surface area (Å²) in [5.74, 6) is -4.49. The first-order valence-corrected chi connectivity index (χ1v) is 20.3. The molecular formula is C39H45F2N7O7S. The largest absolute Gasteiger partial charge is 0.450 e. The van der Waals surface area contributed by atoms with Gasteiger partial charge in [-0.15, -0.1) is 0 Å². The van der Waals surface area contributed by atoms with Gasteiger partial charge in [-0.1, -0.05) is 81.5 Å². The van der Waals surface area contributed by atoms with Crippen LogP contribution in [0, 0.1) is 11.3 Å². The molecule has 3 fully saturated rings. The topological polar surface area (TPSA) is 182 Å². The second kappa shape index (κ2) is 15.0. The standard InChI is InChI=1S/C39H45F2N7O7S/c1-38(2,3)32-35(50)47-22-26(20-29(47)34(49)43-39(21-28(39)33(40)41)36(51)46-56(53,54)27-16-17-27)48-44-30(24-13-7-4-8-14-24)31(45-48)25-15-10-12-23(19-25)11-6-5-9-18-55-37(52)42-32/h4,6-8,10-15,19,26-29,32-33H,5,9,16-18,20-22H2,1-3H3,(H,42,52)(H,43,49)(H,46,51)/b11-6+/t26?,28-,29-,32+,39-/m0/s1. The van der Waals surface area contributed by atoms with Gasteiger partial charge in [0.2, 0.25) is 28.3 Å². The Bertz CT molecular complexity index is 2150. The normalized spacial score (nSPS) is 26.3. The highest BCUT2D eigenvalue weighted by atomic mass is 32.2. The number of carbonyl (C=O) groups is 4. The van der Waals surface area contributed by atoms with E-state index in [4.69, 9.17) is 14.9 Å². The van der Waals surface area contributed by atoms with E-state index in [9.17, 15) is 36.4 Å². The van der Waals surface area contributed by atoms with Gasteiger partial charge in [0, 0.05) is 24.1 Å². The molecule has 2 aliphatic carbocycles. The lowest BCUT2D eigenvalue weighted by atomic mass is 9.85. The number of halogens is 2. The maximum Gasteiger partial charge on any atom is 0.407 e. The van der Waals surface area contributed by atoms with Crippen LogP contribution in [0.2, 0.25) is 0 Å². The van der Waals surface area contributed by atoms with Crippen LogP contribution >= 0.6 is 0 Å². The number of alkyl carbamates (subject to hydrolysis) is 1. The van der Waals surface area contributed by atoms with Crippen molar-refractivity contribution in [2.24, 2.45) is 11.3 Å². The molecule has 1 saturated heterocycles. The maximum absolute atomic E-state index is 14.6. The molecule has 5 atom stereocenters. The molecule has 4 amide bonds. The second-order valence-corrected chi connectivity index (χ2v) is 18.0. The van der Waals surface area contributed by atoms with Gasteiger partial charge in [0.1, 0.15) is 29.0 Å². The summed E-state index contributed by atoms with van der Waals surface area (Å²) < 4.78 is 61.1. The Morgan fingerprint density at radius 2 is 1.71 bits per heavy atom. The summed E-state index contributed by atoms with van der Waals surface area (Å²) in [5.41, 5.74) is 0.431. The second-order valence-electron chi connectivity index (χ2n) is 16.0. The van der Waals surface area contributed by atoms with Crippen LogP contribution in [0.25, 0.3) is 28.6 Å². The third-order valence-electron chi connectivity index (χ3n) is 10.7. The lowest BCUT2D eigenvalue weighted by Crippen LogP contribution is -2.60. The third kappa shape index (κ3) is 8.04. The summed E-state index contributed by atoms with van der Waals surface area (Å²) in [6.45, 7) is 5.15. The molecule has 0 spiro atoms. The summed E-state index contributed by atoms with van der Waals surface area (Å²) in [6, 6.07) is 13.8. The molecule has 2 aromatic carbocycles. The SMILES string of the molecule is CC(C)(C)[C@@H]1NC(=O)OCCC/C=C/c2cccc(c2)-c2nn(nc2-c2ccccc2)C2C[C@@H](C(=O)N[C@@]3(C(=O)NS(=O)(=O)C4CC4)C[C@H]3C(F)F)N(C2)C1=O. The minimum atomic E-state index is -4.13. The van der Waals surface area contributed by atoms with Crippen molar-refractivity contribution < 1.29 is 41.1 Å². The molecule has 2 saturated carbocycles. The number of amides is 4. The Kier molecular flexibility index (Phi) is 10.5. The number of sulfonamides is 1. The van der Waals surface area contributed by atoms with Crippen molar-refractivity contribution in [3.05, 3.63) is 66.2 Å². The molecule has 2 aliphatic heterocycles. The maximum atomic E-state index is 14.6. The fourth-order valence-corrected chi connectivity index (χ4v) is 8.70. The van der Waals surface area contributed by atoms with Gasteiger partial charge in [0.05, 0.1) is 23.8 Å². The smallest absolute Gasteiger partial charge is 0.407 e. The molecular weight excluding hydrogens is 749 g/mol. The number of cyclic esters (lactones) is 1. The number of benzene rings is 2. The minimum Gasteiger partial charge on any atom is -0.450 e. The van der Waals surface area contributed by atoms with E-state index < -0.39 is 86.9 Å². The Morgan fingerprint density at radius 3 is 2.38 bits per heavy atom. The van der Waals surface area contributed by atoms with Gasteiger partial charge in [-0.05, 0) is 49.1 Å². The van der Waals surface area contributed by atoms with Crippen LogP contribution in [-0.4, -0.2) is 94.6 Å². The molecule has 56 heavy (non-hydrogen) atoms. The number of hydrogen-bond donors (Lipinski definition) is 3. The van der Waals surface area contributed by atoms with E-state index in [1.165, 1.54) is 9.70 Å². The summed E-state index contributed by atoms with van der Waals surface area (Å²) in [6.07, 6.45) is 1.25. The molecule has 4 aliphatic rings. The molecule has 7 rings (SSSR count). The quantitative estimate of drug-likeness (QED) is 0.312. The van der Waals surface area contributed by atoms with Gasteiger partial charge < -0.3 is 20.3 Å². The van der Waals surface area contributed by atoms with Crippen LogP contribution in [0.15, 0.2) is 60.7 Å². The first kappa shape index (κ1) is 39.1. The molecule has 14 nitrogen and oxygen atoms in total. The predicted octanol–water partition coefficient (Wildman–Crippen LogP) is 4.45. The van der Waals surface area contributed by atoms with E-state index in [-0.39, 0.29) is 19.6 Å². The molecule has 0 radical (unpaired) electrons. The van der Waals surface area contributed by atoms with Gasteiger partial charge in [-0.3, -0.25) is 19.1 Å². The number of allylic oxidation sites excluding steroid dienone is 1. The van der Waals surface area contributed by atoms with Crippen molar-refractivity contribution in [2.75, 3.05) is 13.2 Å². The lowest BCUT2D eigenvalue weighted by Gasteiger charge is -2.35. The molecule has 3 heterocycles. The molecule has 17 heteroatoms. The number of alkyl halides is 2. The highest BCUT2D eigenvalue weighted by molar-refractivity contribution is 7.91. The van der Waals surface area contributed by atoms with Crippen molar-refractivity contribution in [3.8, 4) is 22.5 Å². The average Bonchev–Trinajstić information content (AvgIpc) is 4.05. The molecule has 1 aromatic heterocycles. The van der Waals surface area contributed by atoms with Crippen LogP contribution in [0.5, 0.6) is 0 Å². The Labute approximate surface area is 323 Å². The van der Waals surface area contributed by atoms with Gasteiger partial charge >= 0.3 is 6.09 Å². The van der Waals surface area contributed by atoms with Crippen molar-refractivity contribution in [3.63, 3.8) is 0 Å². The number of nitrogens with one attached hydrogen (secondary N) is 3. The van der Waals surface area contributed by atoms with E-state index in [1.54, 1.807) is 20.8 Å². The fraction of sp³-hybridized carbons (Fsp3) is 0.487. The van der Waals surface area contributed by atoms with Crippen molar-refractivity contribution >= 4 is 39.9 Å². The first-order valence-electron chi connectivity index (χ1n) is 18.8. The molecule has 298 valence electrons. The molecule has 6 bridgehead atoms. The van der Waals surface area contributed by atoms with Crippen LogP contribution in [0.3, 0.4) is 0 Å². The summed E-state index contributed by atoms with van der Waals surface area (Å²) in [7, 11) is -4.13. The monoisotopic (exact) mass is 793 g/mol. The number of nitrogens with zero attached hydrogens (tertiary/aromatic N) is 4. The van der Waals surface area contributed by atoms with E-state index in [2.05, 4.69) is 10.6 Å². The van der Waals surface area contributed by atoms with E-state index in [0.717, 1.165) is 16.7 Å².